The molecule has 0 saturated carbocycles. The van der Waals surface area contributed by atoms with Gasteiger partial charge in [-0.05, 0) is 36.5 Å². The standard InChI is InChI=1S/C13H20O/c1-4-5-10(2)8-12-6-7-13(14)11(3)9-12/h6-7,9-10,14H,4-5,8H2,1-3H3. The maximum absolute atomic E-state index is 9.38. The van der Waals surface area contributed by atoms with Crippen molar-refractivity contribution in [3.05, 3.63) is 29.3 Å². The van der Waals surface area contributed by atoms with E-state index in [0.29, 0.717) is 5.75 Å². The lowest BCUT2D eigenvalue weighted by Gasteiger charge is -2.10. The number of hydrogen-bond donors (Lipinski definition) is 1. The quantitative estimate of drug-likeness (QED) is 0.771. The Balaban J connectivity index is 2.63. The van der Waals surface area contributed by atoms with Crippen LogP contribution in [-0.2, 0) is 6.42 Å². The first-order valence-electron chi connectivity index (χ1n) is 5.42. The maximum atomic E-state index is 9.38. The normalized spacial score (nSPS) is 12.8. The van der Waals surface area contributed by atoms with Gasteiger partial charge in [0.25, 0.3) is 0 Å². The van der Waals surface area contributed by atoms with Gasteiger partial charge >= 0.3 is 0 Å². The SMILES string of the molecule is CCCC(C)Cc1ccc(O)c(C)c1. The van der Waals surface area contributed by atoms with Crippen LogP contribution in [0.15, 0.2) is 18.2 Å². The Labute approximate surface area is 86.8 Å². The van der Waals surface area contributed by atoms with Crippen molar-refractivity contribution in [1.29, 1.82) is 0 Å². The summed E-state index contributed by atoms with van der Waals surface area (Å²) in [6.07, 6.45) is 3.65. The fourth-order valence-electron chi connectivity index (χ4n) is 1.84. The monoisotopic (exact) mass is 192 g/mol. The molecular formula is C13H20O. The van der Waals surface area contributed by atoms with E-state index in [9.17, 15) is 5.11 Å². The number of aryl methyl sites for hydroxylation is 1. The minimum absolute atomic E-state index is 0.400. The van der Waals surface area contributed by atoms with Crippen molar-refractivity contribution >= 4 is 0 Å². The van der Waals surface area contributed by atoms with E-state index in [2.05, 4.69) is 19.9 Å². The summed E-state index contributed by atoms with van der Waals surface area (Å²) in [5.41, 5.74) is 2.31. The highest BCUT2D eigenvalue weighted by Gasteiger charge is 2.04. The van der Waals surface area contributed by atoms with Crippen LogP contribution in [0.25, 0.3) is 0 Å². The molecule has 1 N–H and O–H groups in total. The van der Waals surface area contributed by atoms with Crippen LogP contribution in [0, 0.1) is 12.8 Å². The molecule has 0 amide bonds. The average Bonchev–Trinajstić information content (AvgIpc) is 2.12. The molecule has 14 heavy (non-hydrogen) atoms. The third-order valence-corrected chi connectivity index (χ3v) is 2.63. The van der Waals surface area contributed by atoms with Gasteiger partial charge in [0.1, 0.15) is 5.75 Å². The van der Waals surface area contributed by atoms with Gasteiger partial charge in [-0.3, -0.25) is 0 Å². The Morgan fingerprint density at radius 3 is 2.64 bits per heavy atom. The third-order valence-electron chi connectivity index (χ3n) is 2.63. The highest BCUT2D eigenvalue weighted by Crippen LogP contribution is 2.20. The molecule has 0 aliphatic heterocycles. The number of aromatic hydroxyl groups is 1. The lowest BCUT2D eigenvalue weighted by atomic mass is 9.96. The van der Waals surface area contributed by atoms with Crippen molar-refractivity contribution in [3.63, 3.8) is 0 Å². The molecule has 78 valence electrons. The minimum atomic E-state index is 0.400. The molecule has 1 atom stereocenters. The van der Waals surface area contributed by atoms with Crippen molar-refractivity contribution < 1.29 is 5.11 Å². The summed E-state index contributed by atoms with van der Waals surface area (Å²) in [7, 11) is 0. The van der Waals surface area contributed by atoms with E-state index in [0.717, 1.165) is 17.9 Å². The summed E-state index contributed by atoms with van der Waals surface area (Å²) < 4.78 is 0. The predicted molar refractivity (Wildman–Crippen MR) is 60.6 cm³/mol. The highest BCUT2D eigenvalue weighted by atomic mass is 16.3. The Kier molecular flexibility index (Phi) is 3.99. The van der Waals surface area contributed by atoms with Gasteiger partial charge in [-0.15, -0.1) is 0 Å². The van der Waals surface area contributed by atoms with Crippen molar-refractivity contribution in [2.24, 2.45) is 5.92 Å². The number of hydrogen-bond acceptors (Lipinski definition) is 1. The predicted octanol–water partition coefficient (Wildman–Crippen LogP) is 3.68. The first-order valence-corrected chi connectivity index (χ1v) is 5.42. The molecule has 0 spiro atoms. The lowest BCUT2D eigenvalue weighted by molar-refractivity contribution is 0.470. The fraction of sp³-hybridized carbons (Fsp3) is 0.538. The molecule has 0 aromatic heterocycles. The number of benzene rings is 1. The summed E-state index contributed by atoms with van der Waals surface area (Å²) in [6.45, 7) is 6.45. The van der Waals surface area contributed by atoms with Gasteiger partial charge in [-0.2, -0.15) is 0 Å². The lowest BCUT2D eigenvalue weighted by Crippen LogP contribution is -1.99. The molecule has 1 rings (SSSR count). The van der Waals surface area contributed by atoms with Gasteiger partial charge in [0.15, 0.2) is 0 Å². The van der Waals surface area contributed by atoms with Gasteiger partial charge in [-0.25, -0.2) is 0 Å². The first kappa shape index (κ1) is 11.1. The second-order valence-corrected chi connectivity index (χ2v) is 4.22. The van der Waals surface area contributed by atoms with E-state index < -0.39 is 0 Å². The first-order chi connectivity index (χ1) is 6.63. The van der Waals surface area contributed by atoms with E-state index in [1.165, 1.54) is 18.4 Å². The molecule has 1 aromatic rings. The van der Waals surface area contributed by atoms with Crippen molar-refractivity contribution in [2.45, 2.75) is 40.0 Å². The minimum Gasteiger partial charge on any atom is -0.508 e. The topological polar surface area (TPSA) is 20.2 Å². The zero-order valence-corrected chi connectivity index (χ0v) is 9.38. The van der Waals surface area contributed by atoms with Gasteiger partial charge in [0, 0.05) is 0 Å². The molecule has 1 heteroatoms. The average molecular weight is 192 g/mol. The largest absolute Gasteiger partial charge is 0.508 e. The van der Waals surface area contributed by atoms with Crippen molar-refractivity contribution in [1.82, 2.24) is 0 Å². The molecule has 0 heterocycles. The van der Waals surface area contributed by atoms with Crippen molar-refractivity contribution in [2.75, 3.05) is 0 Å². The molecule has 0 saturated heterocycles. The Morgan fingerprint density at radius 2 is 2.07 bits per heavy atom. The smallest absolute Gasteiger partial charge is 0.118 e. The summed E-state index contributed by atoms with van der Waals surface area (Å²) in [5.74, 6) is 1.14. The maximum Gasteiger partial charge on any atom is 0.118 e. The third kappa shape index (κ3) is 3.06. The summed E-state index contributed by atoms with van der Waals surface area (Å²) in [6, 6.07) is 5.90. The van der Waals surface area contributed by atoms with Crippen LogP contribution in [0.4, 0.5) is 0 Å². The molecule has 0 aliphatic rings. The van der Waals surface area contributed by atoms with Crippen LogP contribution < -0.4 is 0 Å². The van der Waals surface area contributed by atoms with Crippen LogP contribution in [0.5, 0.6) is 5.75 Å². The van der Waals surface area contributed by atoms with E-state index in [-0.39, 0.29) is 0 Å². The Morgan fingerprint density at radius 1 is 1.36 bits per heavy atom. The molecule has 0 bridgehead atoms. The summed E-state index contributed by atoms with van der Waals surface area (Å²) >= 11 is 0. The number of phenols is 1. The highest BCUT2D eigenvalue weighted by molar-refractivity contribution is 5.35. The molecule has 1 unspecified atom stereocenters. The Hall–Kier alpha value is -0.980. The van der Waals surface area contributed by atoms with E-state index in [4.69, 9.17) is 0 Å². The van der Waals surface area contributed by atoms with Gasteiger partial charge in [0.05, 0.1) is 0 Å². The van der Waals surface area contributed by atoms with E-state index >= 15 is 0 Å². The molecule has 1 nitrogen and oxygen atoms in total. The second-order valence-electron chi connectivity index (χ2n) is 4.22. The van der Waals surface area contributed by atoms with Crippen molar-refractivity contribution in [3.8, 4) is 5.75 Å². The van der Waals surface area contributed by atoms with Gasteiger partial charge in [-0.1, -0.05) is 38.8 Å². The summed E-state index contributed by atoms with van der Waals surface area (Å²) in [4.78, 5) is 0. The van der Waals surface area contributed by atoms with Crippen LogP contribution in [0.2, 0.25) is 0 Å². The zero-order valence-electron chi connectivity index (χ0n) is 9.38. The summed E-state index contributed by atoms with van der Waals surface area (Å²) in [5, 5.41) is 9.38. The van der Waals surface area contributed by atoms with Crippen LogP contribution >= 0.6 is 0 Å². The van der Waals surface area contributed by atoms with E-state index in [1.54, 1.807) is 6.07 Å². The van der Waals surface area contributed by atoms with E-state index in [1.807, 2.05) is 13.0 Å². The zero-order chi connectivity index (χ0) is 10.6. The fourth-order valence-corrected chi connectivity index (χ4v) is 1.84. The van der Waals surface area contributed by atoms with Gasteiger partial charge in [0.2, 0.25) is 0 Å². The molecule has 0 fully saturated rings. The van der Waals surface area contributed by atoms with Gasteiger partial charge < -0.3 is 5.11 Å². The molecule has 0 radical (unpaired) electrons. The van der Waals surface area contributed by atoms with Crippen LogP contribution in [-0.4, -0.2) is 5.11 Å². The number of phenolic OH excluding ortho intramolecular Hbond substituents is 1. The van der Waals surface area contributed by atoms with Crippen LogP contribution in [0.3, 0.4) is 0 Å². The Bertz CT molecular complexity index is 291. The number of rotatable bonds is 4. The molecule has 1 aromatic carbocycles. The second kappa shape index (κ2) is 5.04. The molecular weight excluding hydrogens is 172 g/mol. The molecule has 0 aliphatic carbocycles. The van der Waals surface area contributed by atoms with Crippen LogP contribution in [0.1, 0.15) is 37.8 Å².